The van der Waals surface area contributed by atoms with Crippen LogP contribution in [0, 0.1) is 0 Å². The van der Waals surface area contributed by atoms with Gasteiger partial charge in [0.15, 0.2) is 6.10 Å². The fourth-order valence-corrected chi connectivity index (χ4v) is 7.79. The maximum Gasteiger partial charge on any atom is 0.472 e. The number of carbonyl (C=O) groups excluding carboxylic acids is 2. The molecule has 10 heteroatoms. The summed E-state index contributed by atoms with van der Waals surface area (Å²) < 4.78 is 32.8. The van der Waals surface area contributed by atoms with Gasteiger partial charge >= 0.3 is 19.8 Å². The summed E-state index contributed by atoms with van der Waals surface area (Å²) in [7, 11) is -4.38. The molecule has 0 spiro atoms. The normalized spacial score (nSPS) is 13.5. The lowest BCUT2D eigenvalue weighted by molar-refractivity contribution is -0.161. The van der Waals surface area contributed by atoms with Crippen LogP contribution in [0.1, 0.15) is 239 Å². The molecule has 0 heterocycles. The Morgan fingerprint density at radius 3 is 1.35 bits per heavy atom. The number of phosphoric ester groups is 1. The highest BCUT2D eigenvalue weighted by Crippen LogP contribution is 2.43. The van der Waals surface area contributed by atoms with Crippen LogP contribution in [0.25, 0.3) is 0 Å². The zero-order valence-electron chi connectivity index (χ0n) is 38.9. The Morgan fingerprint density at radius 1 is 0.500 bits per heavy atom. The third-order valence-corrected chi connectivity index (χ3v) is 11.7. The van der Waals surface area contributed by atoms with Gasteiger partial charge in [0.05, 0.1) is 13.2 Å². The van der Waals surface area contributed by atoms with Crippen molar-refractivity contribution < 1.29 is 37.6 Å². The van der Waals surface area contributed by atoms with Crippen LogP contribution >= 0.6 is 7.82 Å². The molecular weight excluding hydrogens is 774 g/mol. The number of rotatable bonds is 47. The van der Waals surface area contributed by atoms with Crippen molar-refractivity contribution in [3.8, 4) is 0 Å². The molecule has 3 N–H and O–H groups in total. The smallest absolute Gasteiger partial charge is 0.462 e. The Bertz CT molecular complexity index is 1080. The first kappa shape index (κ1) is 58.2. The molecule has 352 valence electrons. The van der Waals surface area contributed by atoms with E-state index in [0.29, 0.717) is 6.42 Å². The molecule has 0 fully saturated rings. The molecule has 0 bridgehead atoms. The topological polar surface area (TPSA) is 134 Å². The summed E-state index contributed by atoms with van der Waals surface area (Å²) in [4.78, 5) is 34.9. The van der Waals surface area contributed by atoms with Crippen molar-refractivity contribution in [2.45, 2.75) is 245 Å². The van der Waals surface area contributed by atoms with E-state index in [-0.39, 0.29) is 32.6 Å². The molecule has 0 aliphatic carbocycles. The molecule has 0 aliphatic heterocycles. The summed E-state index contributed by atoms with van der Waals surface area (Å²) in [5.41, 5.74) is 5.35. The van der Waals surface area contributed by atoms with Crippen molar-refractivity contribution in [3.05, 3.63) is 36.5 Å². The van der Waals surface area contributed by atoms with Crippen molar-refractivity contribution in [1.82, 2.24) is 0 Å². The Balaban J connectivity index is 3.88. The second-order valence-electron chi connectivity index (χ2n) is 16.7. The Hall–Kier alpha value is -1.77. The molecular formula is C50H94NO8P. The number of esters is 2. The summed E-state index contributed by atoms with van der Waals surface area (Å²) in [5, 5.41) is 0. The standard InChI is InChI=1S/C50H94NO8P/c1-3-5-7-9-11-13-15-16-17-18-19-20-21-22-23-24-25-26-27-28-29-30-31-32-33-35-37-39-41-43-50(53)59-48(47-58-60(54,55)57-45-44-51)46-56-49(52)42-40-38-36-34-14-12-10-8-6-4-2/h8,10,15-16,18-19,48H,3-7,9,11-14,17,20-47,51H2,1-2H3,(H,54,55)/b10-8-,16-15-,19-18-. The van der Waals surface area contributed by atoms with Crippen LogP contribution in [0.2, 0.25) is 0 Å². The number of carbonyl (C=O) groups is 2. The minimum Gasteiger partial charge on any atom is -0.462 e. The van der Waals surface area contributed by atoms with Crippen LogP contribution in [0.3, 0.4) is 0 Å². The van der Waals surface area contributed by atoms with E-state index in [2.05, 4.69) is 50.3 Å². The average Bonchev–Trinajstić information content (AvgIpc) is 3.24. The van der Waals surface area contributed by atoms with Crippen LogP contribution in [-0.4, -0.2) is 49.3 Å². The first-order chi connectivity index (χ1) is 29.3. The van der Waals surface area contributed by atoms with Gasteiger partial charge in [0.1, 0.15) is 6.61 Å². The van der Waals surface area contributed by atoms with Crippen LogP contribution < -0.4 is 5.73 Å². The predicted molar refractivity (Wildman–Crippen MR) is 252 cm³/mol. The average molecular weight is 868 g/mol. The van der Waals surface area contributed by atoms with Gasteiger partial charge in [0.25, 0.3) is 0 Å². The summed E-state index contributed by atoms with van der Waals surface area (Å²) >= 11 is 0. The molecule has 0 rings (SSSR count). The van der Waals surface area contributed by atoms with Gasteiger partial charge in [-0.1, -0.05) is 198 Å². The fraction of sp³-hybridized carbons (Fsp3) is 0.840. The van der Waals surface area contributed by atoms with E-state index in [0.717, 1.165) is 64.2 Å². The lowest BCUT2D eigenvalue weighted by atomic mass is 10.0. The lowest BCUT2D eigenvalue weighted by Crippen LogP contribution is -2.29. The van der Waals surface area contributed by atoms with Crippen molar-refractivity contribution in [1.29, 1.82) is 0 Å². The van der Waals surface area contributed by atoms with Gasteiger partial charge < -0.3 is 20.1 Å². The number of unbranched alkanes of at least 4 members (excludes halogenated alkanes) is 28. The quantitative estimate of drug-likeness (QED) is 0.0265. The van der Waals surface area contributed by atoms with Gasteiger partial charge in [-0.25, -0.2) is 4.57 Å². The molecule has 0 aliphatic rings. The van der Waals surface area contributed by atoms with E-state index in [4.69, 9.17) is 24.3 Å². The van der Waals surface area contributed by atoms with Gasteiger partial charge in [-0.2, -0.15) is 0 Å². The first-order valence-corrected chi connectivity index (χ1v) is 26.5. The Labute approximate surface area is 369 Å². The lowest BCUT2D eigenvalue weighted by Gasteiger charge is -2.19. The minimum absolute atomic E-state index is 0.0531. The SMILES string of the molecule is CCC/C=C\CCCCCCCC(=O)OCC(COP(=O)(O)OCCN)OC(=O)CCCCCCCCCCCCCCCCCCC/C=C\C/C=C\CCCCCCC. The van der Waals surface area contributed by atoms with Crippen LogP contribution in [0.15, 0.2) is 36.5 Å². The van der Waals surface area contributed by atoms with Crippen molar-refractivity contribution >= 4 is 19.8 Å². The maximum atomic E-state index is 12.6. The summed E-state index contributed by atoms with van der Waals surface area (Å²) in [5.74, 6) is -0.834. The zero-order valence-corrected chi connectivity index (χ0v) is 39.8. The maximum absolute atomic E-state index is 12.6. The summed E-state index contributed by atoms with van der Waals surface area (Å²) in [6.45, 7) is 3.67. The van der Waals surface area contributed by atoms with Crippen molar-refractivity contribution in [3.63, 3.8) is 0 Å². The highest BCUT2D eigenvalue weighted by atomic mass is 31.2. The number of ether oxygens (including phenoxy) is 2. The van der Waals surface area contributed by atoms with Crippen LogP contribution in [0.5, 0.6) is 0 Å². The molecule has 9 nitrogen and oxygen atoms in total. The van der Waals surface area contributed by atoms with E-state index < -0.39 is 32.5 Å². The third-order valence-electron chi connectivity index (χ3n) is 10.7. The van der Waals surface area contributed by atoms with Crippen LogP contribution in [-0.2, 0) is 32.7 Å². The molecule has 2 unspecified atom stereocenters. The number of phosphoric acid groups is 1. The third kappa shape index (κ3) is 45.7. The molecule has 60 heavy (non-hydrogen) atoms. The van der Waals surface area contributed by atoms with Gasteiger partial charge in [-0.15, -0.1) is 0 Å². The number of hydrogen-bond acceptors (Lipinski definition) is 8. The van der Waals surface area contributed by atoms with Crippen molar-refractivity contribution in [2.75, 3.05) is 26.4 Å². The number of hydrogen-bond donors (Lipinski definition) is 2. The number of allylic oxidation sites excluding steroid dienone is 6. The van der Waals surface area contributed by atoms with Gasteiger partial charge in [0, 0.05) is 19.4 Å². The van der Waals surface area contributed by atoms with E-state index in [1.165, 1.54) is 141 Å². The second kappa shape index (κ2) is 46.7. The zero-order chi connectivity index (χ0) is 43.9. The highest BCUT2D eigenvalue weighted by molar-refractivity contribution is 7.47. The van der Waals surface area contributed by atoms with Gasteiger partial charge in [0.2, 0.25) is 0 Å². The van der Waals surface area contributed by atoms with E-state index in [9.17, 15) is 19.0 Å². The monoisotopic (exact) mass is 868 g/mol. The summed E-state index contributed by atoms with van der Waals surface area (Å²) in [6.07, 6.45) is 53.5. The molecule has 0 saturated heterocycles. The molecule has 0 aromatic heterocycles. The molecule has 0 amide bonds. The summed E-state index contributed by atoms with van der Waals surface area (Å²) in [6, 6.07) is 0. The Kier molecular flexibility index (Phi) is 45.3. The molecule has 0 radical (unpaired) electrons. The first-order valence-electron chi connectivity index (χ1n) is 25.0. The predicted octanol–water partition coefficient (Wildman–Crippen LogP) is 14.9. The van der Waals surface area contributed by atoms with E-state index in [1.807, 2.05) is 0 Å². The second-order valence-corrected chi connectivity index (χ2v) is 18.1. The molecule has 0 saturated carbocycles. The fourth-order valence-electron chi connectivity index (χ4n) is 7.02. The minimum atomic E-state index is -4.38. The Morgan fingerprint density at radius 2 is 0.900 bits per heavy atom. The van der Waals surface area contributed by atoms with E-state index in [1.54, 1.807) is 0 Å². The largest absolute Gasteiger partial charge is 0.472 e. The van der Waals surface area contributed by atoms with E-state index >= 15 is 0 Å². The van der Waals surface area contributed by atoms with Crippen molar-refractivity contribution in [2.24, 2.45) is 5.73 Å². The number of nitrogens with two attached hydrogens (primary N) is 1. The molecule has 0 aromatic rings. The van der Waals surface area contributed by atoms with Crippen LogP contribution in [0.4, 0.5) is 0 Å². The molecule has 2 atom stereocenters. The van der Waals surface area contributed by atoms with Gasteiger partial charge in [-0.05, 0) is 64.2 Å². The highest BCUT2D eigenvalue weighted by Gasteiger charge is 2.26. The molecule has 0 aromatic carbocycles. The van der Waals surface area contributed by atoms with Gasteiger partial charge in [-0.3, -0.25) is 18.6 Å².